The van der Waals surface area contributed by atoms with E-state index >= 15 is 0 Å². The number of hydrogen-bond donors (Lipinski definition) is 2. The molecule has 4 N–H and O–H groups in total. The third kappa shape index (κ3) is 1.59. The average Bonchev–Trinajstić information content (AvgIpc) is 2.59. The van der Waals surface area contributed by atoms with Gasteiger partial charge in [0.1, 0.15) is 0 Å². The predicted octanol–water partition coefficient (Wildman–Crippen LogP) is 0.422. The summed E-state index contributed by atoms with van der Waals surface area (Å²) in [7, 11) is 0. The number of anilines is 2. The third-order valence-electron chi connectivity index (χ3n) is 3.68. The summed E-state index contributed by atoms with van der Waals surface area (Å²) in [6, 6.07) is 5.31. The monoisotopic (exact) mass is 245 g/mol. The van der Waals surface area contributed by atoms with Gasteiger partial charge in [-0.05, 0) is 36.6 Å². The molecule has 0 aromatic heterocycles. The molecule has 2 aliphatic rings. The standard InChI is InChI=1S/C13H15N3O2/c14-9-1-2-11-7(3-9)6-12(17)16(11)13(18)8-4-10(15)5-8/h1-3,8,10H,4-6,14-15H2. The quantitative estimate of drug-likeness (QED) is 0.554. The molecule has 0 atom stereocenters. The van der Waals surface area contributed by atoms with Crippen molar-refractivity contribution >= 4 is 23.2 Å². The zero-order valence-corrected chi connectivity index (χ0v) is 9.93. The van der Waals surface area contributed by atoms with Crippen LogP contribution in [0.3, 0.4) is 0 Å². The summed E-state index contributed by atoms with van der Waals surface area (Å²) in [5.74, 6) is -0.390. The lowest BCUT2D eigenvalue weighted by Crippen LogP contribution is -2.47. The van der Waals surface area contributed by atoms with E-state index in [0.717, 1.165) is 5.56 Å². The lowest BCUT2D eigenvalue weighted by atomic mass is 9.80. The first-order valence-corrected chi connectivity index (χ1v) is 6.07. The third-order valence-corrected chi connectivity index (χ3v) is 3.68. The summed E-state index contributed by atoms with van der Waals surface area (Å²) < 4.78 is 0. The predicted molar refractivity (Wildman–Crippen MR) is 67.8 cm³/mol. The number of carbonyl (C=O) groups excluding carboxylic acids is 2. The summed E-state index contributed by atoms with van der Waals surface area (Å²) in [5.41, 5.74) is 13.5. The molecule has 2 amide bonds. The van der Waals surface area contributed by atoms with Gasteiger partial charge in [0, 0.05) is 17.6 Å². The number of rotatable bonds is 1. The number of nitrogens with zero attached hydrogens (tertiary/aromatic N) is 1. The Morgan fingerprint density at radius 1 is 1.33 bits per heavy atom. The average molecular weight is 245 g/mol. The van der Waals surface area contributed by atoms with Gasteiger partial charge in [-0.15, -0.1) is 0 Å². The molecule has 94 valence electrons. The lowest BCUT2D eigenvalue weighted by molar-refractivity contribution is -0.130. The van der Waals surface area contributed by atoms with Gasteiger partial charge in [-0.1, -0.05) is 0 Å². The zero-order chi connectivity index (χ0) is 12.9. The molecule has 0 spiro atoms. The van der Waals surface area contributed by atoms with Crippen molar-refractivity contribution in [3.05, 3.63) is 23.8 Å². The molecular weight excluding hydrogens is 230 g/mol. The molecule has 0 unspecified atom stereocenters. The Balaban J connectivity index is 1.90. The van der Waals surface area contributed by atoms with Gasteiger partial charge in [-0.25, -0.2) is 4.90 Å². The molecule has 1 heterocycles. The Bertz CT molecular complexity index is 535. The highest BCUT2D eigenvalue weighted by atomic mass is 16.2. The Morgan fingerprint density at radius 2 is 2.06 bits per heavy atom. The lowest BCUT2D eigenvalue weighted by Gasteiger charge is -2.33. The molecule has 18 heavy (non-hydrogen) atoms. The number of amides is 2. The van der Waals surface area contributed by atoms with Crippen molar-refractivity contribution in [2.75, 3.05) is 10.6 Å². The van der Waals surface area contributed by atoms with E-state index in [0.29, 0.717) is 24.2 Å². The number of fused-ring (bicyclic) bond motifs is 1. The maximum absolute atomic E-state index is 12.2. The molecule has 1 aromatic rings. The summed E-state index contributed by atoms with van der Waals surface area (Å²) >= 11 is 0. The first kappa shape index (κ1) is 11.2. The molecule has 5 nitrogen and oxygen atoms in total. The van der Waals surface area contributed by atoms with Crippen molar-refractivity contribution in [1.82, 2.24) is 0 Å². The molecule has 1 aliphatic carbocycles. The van der Waals surface area contributed by atoms with Crippen LogP contribution in [0.1, 0.15) is 18.4 Å². The van der Waals surface area contributed by atoms with Gasteiger partial charge in [0.05, 0.1) is 12.1 Å². The van der Waals surface area contributed by atoms with E-state index in [-0.39, 0.29) is 30.2 Å². The maximum Gasteiger partial charge on any atom is 0.238 e. The number of carbonyl (C=O) groups is 2. The molecule has 5 heteroatoms. The second-order valence-electron chi connectivity index (χ2n) is 5.06. The van der Waals surface area contributed by atoms with Crippen molar-refractivity contribution in [2.24, 2.45) is 11.7 Å². The van der Waals surface area contributed by atoms with Crippen molar-refractivity contribution in [3.8, 4) is 0 Å². The zero-order valence-electron chi connectivity index (χ0n) is 9.93. The Morgan fingerprint density at radius 3 is 2.72 bits per heavy atom. The summed E-state index contributed by atoms with van der Waals surface area (Å²) in [6.07, 6.45) is 1.60. The Labute approximate surface area is 105 Å². The number of nitrogens with two attached hydrogens (primary N) is 2. The first-order chi connectivity index (χ1) is 8.56. The number of hydrogen-bond acceptors (Lipinski definition) is 4. The summed E-state index contributed by atoms with van der Waals surface area (Å²) in [4.78, 5) is 25.5. The second kappa shape index (κ2) is 3.81. The first-order valence-electron chi connectivity index (χ1n) is 6.07. The molecule has 3 rings (SSSR count). The van der Waals surface area contributed by atoms with Gasteiger partial charge >= 0.3 is 0 Å². The Kier molecular flexibility index (Phi) is 2.38. The summed E-state index contributed by atoms with van der Waals surface area (Å²) in [6.45, 7) is 0. The second-order valence-corrected chi connectivity index (χ2v) is 5.06. The topological polar surface area (TPSA) is 89.4 Å². The van der Waals surface area contributed by atoms with Crippen LogP contribution in [0.25, 0.3) is 0 Å². The Hall–Kier alpha value is -1.88. The molecule has 1 fully saturated rings. The van der Waals surface area contributed by atoms with Crippen molar-refractivity contribution in [3.63, 3.8) is 0 Å². The van der Waals surface area contributed by atoms with Crippen LogP contribution in [0, 0.1) is 5.92 Å². The van der Waals surface area contributed by atoms with Crippen molar-refractivity contribution < 1.29 is 9.59 Å². The molecular formula is C13H15N3O2. The van der Waals surface area contributed by atoms with E-state index in [1.165, 1.54) is 4.90 Å². The van der Waals surface area contributed by atoms with Gasteiger partial charge in [-0.2, -0.15) is 0 Å². The van der Waals surface area contributed by atoms with Gasteiger partial charge in [0.2, 0.25) is 11.8 Å². The van der Waals surface area contributed by atoms with Crippen LogP contribution in [0.2, 0.25) is 0 Å². The van der Waals surface area contributed by atoms with Crippen LogP contribution in [-0.2, 0) is 16.0 Å². The van der Waals surface area contributed by atoms with Gasteiger partial charge in [-0.3, -0.25) is 9.59 Å². The van der Waals surface area contributed by atoms with E-state index in [9.17, 15) is 9.59 Å². The van der Waals surface area contributed by atoms with Crippen molar-refractivity contribution in [2.45, 2.75) is 25.3 Å². The van der Waals surface area contributed by atoms with E-state index < -0.39 is 0 Å². The SMILES string of the molecule is Nc1ccc2c(c1)CC(=O)N2C(=O)C1CC(N)C1. The van der Waals surface area contributed by atoms with Crippen molar-refractivity contribution in [1.29, 1.82) is 0 Å². The molecule has 0 saturated heterocycles. The van der Waals surface area contributed by atoms with Crippen LogP contribution < -0.4 is 16.4 Å². The number of nitrogen functional groups attached to an aromatic ring is 1. The largest absolute Gasteiger partial charge is 0.399 e. The molecule has 0 bridgehead atoms. The number of imide groups is 1. The van der Waals surface area contributed by atoms with E-state index in [1.54, 1.807) is 18.2 Å². The fourth-order valence-electron chi connectivity index (χ4n) is 2.63. The minimum atomic E-state index is -0.166. The van der Waals surface area contributed by atoms with Crippen LogP contribution in [0.4, 0.5) is 11.4 Å². The highest BCUT2D eigenvalue weighted by molar-refractivity contribution is 6.20. The maximum atomic E-state index is 12.2. The van der Waals surface area contributed by atoms with Gasteiger partial charge < -0.3 is 11.5 Å². The molecule has 1 aliphatic heterocycles. The van der Waals surface area contributed by atoms with Crippen LogP contribution in [0.5, 0.6) is 0 Å². The summed E-state index contributed by atoms with van der Waals surface area (Å²) in [5, 5.41) is 0. The van der Waals surface area contributed by atoms with Crippen LogP contribution >= 0.6 is 0 Å². The van der Waals surface area contributed by atoms with Gasteiger partial charge in [0.15, 0.2) is 0 Å². The van der Waals surface area contributed by atoms with E-state index in [1.807, 2.05) is 0 Å². The van der Waals surface area contributed by atoms with E-state index in [4.69, 9.17) is 11.5 Å². The highest BCUT2D eigenvalue weighted by Gasteiger charge is 2.40. The normalized spacial score (nSPS) is 25.8. The smallest absolute Gasteiger partial charge is 0.238 e. The number of benzene rings is 1. The molecule has 1 aromatic carbocycles. The molecule has 1 saturated carbocycles. The minimum absolute atomic E-state index is 0.0996. The van der Waals surface area contributed by atoms with E-state index in [2.05, 4.69) is 0 Å². The fourth-order valence-corrected chi connectivity index (χ4v) is 2.63. The van der Waals surface area contributed by atoms with Crippen LogP contribution in [-0.4, -0.2) is 17.9 Å². The highest BCUT2D eigenvalue weighted by Crippen LogP contribution is 2.35. The van der Waals surface area contributed by atoms with Crippen LogP contribution in [0.15, 0.2) is 18.2 Å². The fraction of sp³-hybridized carbons (Fsp3) is 0.385. The minimum Gasteiger partial charge on any atom is -0.399 e. The molecule has 0 radical (unpaired) electrons. The van der Waals surface area contributed by atoms with Gasteiger partial charge in [0.25, 0.3) is 0 Å².